The number of halogens is 2. The van der Waals surface area contributed by atoms with Crippen molar-refractivity contribution in [2.45, 2.75) is 25.4 Å². The molecule has 10 nitrogen and oxygen atoms in total. The van der Waals surface area contributed by atoms with Crippen LogP contribution in [0.5, 0.6) is 0 Å². The molecule has 0 unspecified atom stereocenters. The third kappa shape index (κ3) is 4.67. The first-order valence-corrected chi connectivity index (χ1v) is 11.5. The molecule has 2 atom stereocenters. The van der Waals surface area contributed by atoms with Crippen LogP contribution in [-0.2, 0) is 25.8 Å². The zero-order chi connectivity index (χ0) is 24.6. The first kappa shape index (κ1) is 23.9. The largest absolute Gasteiger partial charge is 0.480 e. The monoisotopic (exact) mass is 525 g/mol. The molecule has 1 aliphatic rings. The summed E-state index contributed by atoms with van der Waals surface area (Å²) in [4.78, 5) is 61.0. The van der Waals surface area contributed by atoms with Gasteiger partial charge in [-0.25, -0.2) is 19.4 Å². The molecule has 4 rings (SSSR count). The number of hydrogen-bond acceptors (Lipinski definition) is 7. The smallest absolute Gasteiger partial charge is 0.454 e. The van der Waals surface area contributed by atoms with E-state index in [2.05, 4.69) is 20.1 Å². The Morgan fingerprint density at radius 3 is 2.65 bits per heavy atom. The van der Waals surface area contributed by atoms with Crippen molar-refractivity contribution in [2.75, 3.05) is 6.54 Å². The lowest BCUT2D eigenvalue weighted by molar-refractivity contribution is -0.235. The summed E-state index contributed by atoms with van der Waals surface area (Å²) in [5, 5.41) is 12.6. The quantitative estimate of drug-likeness (QED) is 0.338. The highest BCUT2D eigenvalue weighted by atomic mass is 35.5. The van der Waals surface area contributed by atoms with Gasteiger partial charge in [0, 0.05) is 6.92 Å². The molecule has 0 radical (unpaired) electrons. The van der Waals surface area contributed by atoms with Crippen molar-refractivity contribution < 1.29 is 34.1 Å². The first-order valence-electron chi connectivity index (χ1n) is 9.88. The number of aromatic amines is 1. The number of fused-ring (bicyclic) bond motifs is 2. The van der Waals surface area contributed by atoms with Gasteiger partial charge >= 0.3 is 18.0 Å². The summed E-state index contributed by atoms with van der Waals surface area (Å²) in [5.41, 5.74) is 2.21. The fourth-order valence-electron chi connectivity index (χ4n) is 3.94. The summed E-state index contributed by atoms with van der Waals surface area (Å²) in [6.45, 7) is 0.279. The van der Waals surface area contributed by atoms with Gasteiger partial charge < -0.3 is 15.4 Å². The number of hydrogen-bond donors (Lipinski definition) is 3. The number of H-pyrrole nitrogens is 1. The highest BCUT2D eigenvalue weighted by Crippen LogP contribution is 2.39. The van der Waals surface area contributed by atoms with E-state index < -0.39 is 42.6 Å². The van der Waals surface area contributed by atoms with Crippen LogP contribution < -0.4 is 5.32 Å². The van der Waals surface area contributed by atoms with Crippen molar-refractivity contribution in [1.82, 2.24) is 15.2 Å². The van der Waals surface area contributed by atoms with E-state index in [-0.39, 0.29) is 5.69 Å². The third-order valence-electron chi connectivity index (χ3n) is 5.24. The Labute approximate surface area is 206 Å². The summed E-state index contributed by atoms with van der Waals surface area (Å²) in [6, 6.07) is 7.08. The van der Waals surface area contributed by atoms with E-state index in [1.807, 2.05) is 6.07 Å². The molecule has 13 heteroatoms. The van der Waals surface area contributed by atoms with E-state index in [1.54, 1.807) is 24.3 Å². The van der Waals surface area contributed by atoms with Gasteiger partial charge in [-0.15, -0.1) is 11.3 Å². The predicted molar refractivity (Wildman–Crippen MR) is 123 cm³/mol. The van der Waals surface area contributed by atoms with Crippen LogP contribution in [0.4, 0.5) is 4.79 Å². The van der Waals surface area contributed by atoms with Crippen LogP contribution in [0.25, 0.3) is 10.2 Å². The number of carbonyl (C=O) groups excluding carboxylic acids is 3. The van der Waals surface area contributed by atoms with Crippen LogP contribution in [0, 0.1) is 0 Å². The van der Waals surface area contributed by atoms with Gasteiger partial charge in [0.05, 0.1) is 27.3 Å². The van der Waals surface area contributed by atoms with Gasteiger partial charge in [-0.2, -0.15) is 0 Å². The highest BCUT2D eigenvalue weighted by Gasteiger charge is 2.42. The zero-order valence-corrected chi connectivity index (χ0v) is 19.8. The van der Waals surface area contributed by atoms with Gasteiger partial charge in [-0.3, -0.25) is 14.5 Å². The minimum atomic E-state index is -1.31. The van der Waals surface area contributed by atoms with Crippen LogP contribution in [0.2, 0.25) is 9.36 Å². The number of benzene rings is 1. The molecule has 178 valence electrons. The van der Waals surface area contributed by atoms with E-state index >= 15 is 0 Å². The van der Waals surface area contributed by atoms with Crippen LogP contribution in [0.3, 0.4) is 0 Å². The topological polar surface area (TPSA) is 138 Å². The second-order valence-electron chi connectivity index (χ2n) is 7.49. The SMILES string of the molecule is CC(=O)OOC(=O)N(CC(=O)O)[C@@H]1c2ccccc2C[C@H]1NC(=O)c1cc2sc(Cl)c(Cl)c2[nH]1. The van der Waals surface area contributed by atoms with Crippen molar-refractivity contribution in [3.8, 4) is 0 Å². The molecule has 1 aromatic carbocycles. The molecule has 34 heavy (non-hydrogen) atoms. The molecule has 0 aliphatic heterocycles. The lowest BCUT2D eigenvalue weighted by Gasteiger charge is -2.31. The van der Waals surface area contributed by atoms with E-state index in [0.717, 1.165) is 17.4 Å². The Kier molecular flexibility index (Phi) is 6.69. The number of carboxylic acids is 1. The summed E-state index contributed by atoms with van der Waals surface area (Å²) in [6.07, 6.45) is -0.856. The molecule has 2 aromatic heterocycles. The molecule has 0 saturated carbocycles. The van der Waals surface area contributed by atoms with Crippen molar-refractivity contribution in [3.63, 3.8) is 0 Å². The standard InChI is InChI=1S/C21H17Cl2N3O7S/c1-9(27)32-33-21(31)26(8-15(28)29)18-11-5-3-2-4-10(11)6-12(18)25-20(30)13-7-14-17(24-13)16(22)19(23)34-14/h2-5,7,12,18,24H,6,8H2,1H3,(H,25,30)(H,28,29)/t12-,18-/m1/s1. The van der Waals surface area contributed by atoms with Crippen molar-refractivity contribution in [1.29, 1.82) is 0 Å². The maximum Gasteiger partial charge on any atom is 0.454 e. The Morgan fingerprint density at radius 1 is 1.24 bits per heavy atom. The first-order chi connectivity index (χ1) is 16.2. The fourth-order valence-corrected chi connectivity index (χ4v) is 5.42. The van der Waals surface area contributed by atoms with Gasteiger partial charge in [0.2, 0.25) is 0 Å². The molecule has 0 saturated heterocycles. The lowest BCUT2D eigenvalue weighted by atomic mass is 10.0. The molecule has 3 N–H and O–H groups in total. The van der Waals surface area contributed by atoms with Gasteiger partial charge in [-0.05, 0) is 23.6 Å². The Morgan fingerprint density at radius 2 is 1.97 bits per heavy atom. The van der Waals surface area contributed by atoms with E-state index in [4.69, 9.17) is 23.2 Å². The average Bonchev–Trinajstić information content (AvgIpc) is 3.43. The predicted octanol–water partition coefficient (Wildman–Crippen LogP) is 3.93. The number of amides is 2. The number of aliphatic carboxylic acids is 1. The third-order valence-corrected chi connectivity index (χ3v) is 7.17. The van der Waals surface area contributed by atoms with Crippen molar-refractivity contribution in [3.05, 3.63) is 56.5 Å². The highest BCUT2D eigenvalue weighted by molar-refractivity contribution is 7.23. The van der Waals surface area contributed by atoms with Gasteiger partial charge in [-0.1, -0.05) is 47.5 Å². The Hall–Kier alpha value is -3.28. The fraction of sp³-hybridized carbons (Fsp3) is 0.238. The van der Waals surface area contributed by atoms with Gasteiger partial charge in [0.15, 0.2) is 0 Å². The number of carboxylic acid groups (broad SMARTS) is 1. The second-order valence-corrected chi connectivity index (χ2v) is 9.52. The van der Waals surface area contributed by atoms with Crippen LogP contribution in [0.1, 0.15) is 34.6 Å². The van der Waals surface area contributed by atoms with Crippen LogP contribution >= 0.6 is 34.5 Å². The number of rotatable bonds is 5. The minimum absolute atomic E-state index is 0.224. The second kappa shape index (κ2) is 9.53. The van der Waals surface area contributed by atoms with E-state index in [0.29, 0.717) is 31.6 Å². The molecule has 3 aromatic rings. The molecular weight excluding hydrogens is 509 g/mol. The van der Waals surface area contributed by atoms with Crippen molar-refractivity contribution >= 4 is 68.7 Å². The summed E-state index contributed by atoms with van der Waals surface area (Å²) in [5.74, 6) is -2.68. The minimum Gasteiger partial charge on any atom is -0.480 e. The average molecular weight is 526 g/mol. The maximum absolute atomic E-state index is 13.1. The number of carbonyl (C=O) groups is 4. The number of thiophene rings is 1. The molecular formula is C21H17Cl2N3O7S. The molecule has 2 amide bonds. The molecule has 2 heterocycles. The number of nitrogens with one attached hydrogen (secondary N) is 2. The summed E-state index contributed by atoms with van der Waals surface area (Å²) in [7, 11) is 0. The van der Waals surface area contributed by atoms with Gasteiger partial charge in [0.1, 0.15) is 16.6 Å². The molecule has 0 spiro atoms. The molecule has 0 fully saturated rings. The van der Waals surface area contributed by atoms with Crippen molar-refractivity contribution in [2.24, 2.45) is 0 Å². The Balaban J connectivity index is 1.64. The summed E-state index contributed by atoms with van der Waals surface area (Å²) < 4.78 is 1.10. The maximum atomic E-state index is 13.1. The zero-order valence-electron chi connectivity index (χ0n) is 17.5. The lowest BCUT2D eigenvalue weighted by Crippen LogP contribution is -2.48. The molecule has 0 bridgehead atoms. The number of nitrogens with zero attached hydrogens (tertiary/aromatic N) is 1. The number of aromatic nitrogens is 1. The molecule has 1 aliphatic carbocycles. The van der Waals surface area contributed by atoms with Crippen LogP contribution in [-0.4, -0.2) is 51.5 Å². The van der Waals surface area contributed by atoms with E-state index in [1.165, 1.54) is 11.3 Å². The van der Waals surface area contributed by atoms with E-state index in [9.17, 15) is 24.3 Å². The Bertz CT molecular complexity index is 1300. The summed E-state index contributed by atoms with van der Waals surface area (Å²) >= 11 is 13.4. The van der Waals surface area contributed by atoms with Gasteiger partial charge in [0.25, 0.3) is 5.91 Å². The normalized spacial score (nSPS) is 16.7. The van der Waals surface area contributed by atoms with Crippen LogP contribution in [0.15, 0.2) is 30.3 Å².